The third kappa shape index (κ3) is 3.77. The van der Waals surface area contributed by atoms with Gasteiger partial charge in [-0.3, -0.25) is 4.68 Å². The first-order chi connectivity index (χ1) is 12.3. The summed E-state index contributed by atoms with van der Waals surface area (Å²) in [7, 11) is -3.62. The third-order valence-electron chi connectivity index (χ3n) is 4.42. The van der Waals surface area contributed by atoms with Gasteiger partial charge >= 0.3 is 6.01 Å². The molecule has 0 bridgehead atoms. The van der Waals surface area contributed by atoms with Gasteiger partial charge in [-0.15, -0.1) is 0 Å². The van der Waals surface area contributed by atoms with Crippen LogP contribution in [0.15, 0.2) is 21.8 Å². The minimum absolute atomic E-state index is 0.253. The average molecular weight is 444 g/mol. The summed E-state index contributed by atoms with van der Waals surface area (Å²) in [6.07, 6.45) is 4.41. The van der Waals surface area contributed by atoms with Crippen molar-refractivity contribution < 1.29 is 13.2 Å². The SMILES string of the molecule is CCn1nc(C)c(S(=O)(=O)N2CCCC(Oc3ncc(Br)cn3)C2)c1C. The predicted octanol–water partition coefficient (Wildman–Crippen LogP) is 2.30. The zero-order chi connectivity index (χ0) is 18.9. The lowest BCUT2D eigenvalue weighted by atomic mass is 10.1. The monoisotopic (exact) mass is 443 g/mol. The van der Waals surface area contributed by atoms with Gasteiger partial charge in [0.05, 0.1) is 22.4 Å². The molecule has 2 aromatic heterocycles. The topological polar surface area (TPSA) is 90.2 Å². The van der Waals surface area contributed by atoms with Crippen molar-refractivity contribution in [2.24, 2.45) is 0 Å². The van der Waals surface area contributed by atoms with Crippen LogP contribution in [0.4, 0.5) is 0 Å². The highest BCUT2D eigenvalue weighted by Gasteiger charge is 2.35. The first-order valence-corrected chi connectivity index (χ1v) is 10.7. The summed E-state index contributed by atoms with van der Waals surface area (Å²) in [6, 6.07) is 0.253. The summed E-state index contributed by atoms with van der Waals surface area (Å²) < 4.78 is 36.1. The standard InChI is InChI=1S/C16H22BrN5O3S/c1-4-22-12(3)15(11(2)20-22)26(23,24)21-7-5-6-14(10-21)25-16-18-8-13(17)9-19-16/h8-9,14H,4-7,10H2,1-3H3. The Bertz CT molecular complexity index is 882. The van der Waals surface area contributed by atoms with Crippen LogP contribution in [0.1, 0.15) is 31.2 Å². The maximum atomic E-state index is 13.2. The van der Waals surface area contributed by atoms with Gasteiger partial charge in [-0.2, -0.15) is 9.40 Å². The van der Waals surface area contributed by atoms with E-state index in [1.54, 1.807) is 30.9 Å². The number of piperidine rings is 1. The largest absolute Gasteiger partial charge is 0.459 e. The molecule has 1 aliphatic rings. The summed E-state index contributed by atoms with van der Waals surface area (Å²) in [5.74, 6) is 0. The van der Waals surface area contributed by atoms with E-state index in [1.165, 1.54) is 4.31 Å². The van der Waals surface area contributed by atoms with Gasteiger partial charge in [0.1, 0.15) is 11.0 Å². The molecule has 8 nitrogen and oxygen atoms in total. The normalized spacial score (nSPS) is 18.8. The summed E-state index contributed by atoms with van der Waals surface area (Å²) in [6.45, 7) is 6.86. The Balaban J connectivity index is 1.80. The van der Waals surface area contributed by atoms with Crippen LogP contribution in [0.3, 0.4) is 0 Å². The molecular weight excluding hydrogens is 422 g/mol. The number of hydrogen-bond donors (Lipinski definition) is 0. The molecule has 1 fully saturated rings. The van der Waals surface area contributed by atoms with Crippen molar-refractivity contribution in [3.63, 3.8) is 0 Å². The van der Waals surface area contributed by atoms with Gasteiger partial charge in [0.2, 0.25) is 10.0 Å². The lowest BCUT2D eigenvalue weighted by Gasteiger charge is -2.31. The maximum Gasteiger partial charge on any atom is 0.316 e. The van der Waals surface area contributed by atoms with E-state index in [9.17, 15) is 8.42 Å². The molecule has 0 aliphatic carbocycles. The van der Waals surface area contributed by atoms with E-state index in [4.69, 9.17) is 4.74 Å². The van der Waals surface area contributed by atoms with Crippen molar-refractivity contribution in [3.05, 3.63) is 28.3 Å². The van der Waals surface area contributed by atoms with E-state index in [0.717, 1.165) is 17.3 Å². The summed E-state index contributed by atoms with van der Waals surface area (Å²) in [5.41, 5.74) is 1.20. The molecule has 0 saturated carbocycles. The van der Waals surface area contributed by atoms with Crippen molar-refractivity contribution in [1.29, 1.82) is 0 Å². The van der Waals surface area contributed by atoms with Crippen LogP contribution in [0.2, 0.25) is 0 Å². The Morgan fingerprint density at radius 3 is 2.62 bits per heavy atom. The number of nitrogens with zero attached hydrogens (tertiary/aromatic N) is 5. The molecule has 3 rings (SSSR count). The number of ether oxygens (including phenoxy) is 1. The van der Waals surface area contributed by atoms with Gasteiger partial charge in [0, 0.05) is 25.5 Å². The highest BCUT2D eigenvalue weighted by Crippen LogP contribution is 2.27. The lowest BCUT2D eigenvalue weighted by Crippen LogP contribution is -2.44. The fourth-order valence-electron chi connectivity index (χ4n) is 3.22. The molecule has 26 heavy (non-hydrogen) atoms. The van der Waals surface area contributed by atoms with Gasteiger partial charge in [-0.1, -0.05) is 0 Å². The second-order valence-electron chi connectivity index (χ2n) is 6.24. The van der Waals surface area contributed by atoms with Gasteiger partial charge in [-0.05, 0) is 49.5 Å². The van der Waals surface area contributed by atoms with E-state index in [0.29, 0.717) is 29.4 Å². The number of aryl methyl sites for hydroxylation is 2. The molecule has 0 radical (unpaired) electrons. The number of rotatable bonds is 5. The lowest BCUT2D eigenvalue weighted by molar-refractivity contribution is 0.119. The molecule has 0 N–H and O–H groups in total. The minimum atomic E-state index is -3.62. The Kier molecular flexibility index (Phi) is 5.64. The molecule has 1 unspecified atom stereocenters. The molecule has 0 amide bonds. The first-order valence-electron chi connectivity index (χ1n) is 8.51. The molecule has 1 saturated heterocycles. The minimum Gasteiger partial charge on any atom is -0.459 e. The smallest absolute Gasteiger partial charge is 0.316 e. The highest BCUT2D eigenvalue weighted by atomic mass is 79.9. The maximum absolute atomic E-state index is 13.2. The van der Waals surface area contributed by atoms with Crippen LogP contribution in [0.25, 0.3) is 0 Å². The average Bonchev–Trinajstić information content (AvgIpc) is 2.91. The Labute approximate surface area is 161 Å². The first kappa shape index (κ1) is 19.2. The van der Waals surface area contributed by atoms with Gasteiger partial charge in [-0.25, -0.2) is 18.4 Å². The van der Waals surface area contributed by atoms with E-state index < -0.39 is 10.0 Å². The van der Waals surface area contributed by atoms with Crippen LogP contribution >= 0.6 is 15.9 Å². The van der Waals surface area contributed by atoms with Crippen molar-refractivity contribution in [2.45, 2.75) is 51.2 Å². The van der Waals surface area contributed by atoms with Crippen LogP contribution < -0.4 is 4.74 Å². The Hall–Kier alpha value is -1.52. The second-order valence-corrected chi connectivity index (χ2v) is 9.04. The number of hydrogen-bond acceptors (Lipinski definition) is 6. The van der Waals surface area contributed by atoms with Crippen molar-refractivity contribution in [3.8, 4) is 6.01 Å². The van der Waals surface area contributed by atoms with Crippen molar-refractivity contribution in [1.82, 2.24) is 24.1 Å². The molecule has 142 valence electrons. The van der Waals surface area contributed by atoms with E-state index >= 15 is 0 Å². The molecule has 2 aromatic rings. The molecule has 10 heteroatoms. The molecule has 3 heterocycles. The van der Waals surface area contributed by atoms with E-state index in [2.05, 4.69) is 31.0 Å². The predicted molar refractivity (Wildman–Crippen MR) is 99.5 cm³/mol. The van der Waals surface area contributed by atoms with Crippen molar-refractivity contribution in [2.75, 3.05) is 13.1 Å². The quantitative estimate of drug-likeness (QED) is 0.703. The summed E-state index contributed by atoms with van der Waals surface area (Å²) in [4.78, 5) is 8.50. The zero-order valence-corrected chi connectivity index (χ0v) is 17.4. The fourth-order valence-corrected chi connectivity index (χ4v) is 5.31. The van der Waals surface area contributed by atoms with E-state index in [-0.39, 0.29) is 18.7 Å². The Morgan fingerprint density at radius 1 is 1.31 bits per heavy atom. The van der Waals surface area contributed by atoms with Gasteiger partial charge in [0.15, 0.2) is 0 Å². The van der Waals surface area contributed by atoms with Crippen molar-refractivity contribution >= 4 is 26.0 Å². The second kappa shape index (κ2) is 7.61. The number of sulfonamides is 1. The van der Waals surface area contributed by atoms with Crippen LogP contribution in [0, 0.1) is 13.8 Å². The summed E-state index contributed by atoms with van der Waals surface area (Å²) >= 11 is 3.28. The van der Waals surface area contributed by atoms with Crippen LogP contribution in [-0.4, -0.2) is 51.7 Å². The van der Waals surface area contributed by atoms with Gasteiger partial charge < -0.3 is 4.74 Å². The molecule has 1 atom stereocenters. The van der Waals surface area contributed by atoms with Crippen LogP contribution in [0.5, 0.6) is 6.01 Å². The number of aromatic nitrogens is 4. The Morgan fingerprint density at radius 2 is 2.00 bits per heavy atom. The molecule has 1 aliphatic heterocycles. The zero-order valence-electron chi connectivity index (χ0n) is 15.0. The van der Waals surface area contributed by atoms with Crippen LogP contribution in [-0.2, 0) is 16.6 Å². The number of halogens is 1. The highest BCUT2D eigenvalue weighted by molar-refractivity contribution is 9.10. The molecular formula is C16H22BrN5O3S. The summed E-state index contributed by atoms with van der Waals surface area (Å²) in [5, 5.41) is 4.34. The van der Waals surface area contributed by atoms with Gasteiger partial charge in [0.25, 0.3) is 0 Å². The fraction of sp³-hybridized carbons (Fsp3) is 0.562. The third-order valence-corrected chi connectivity index (χ3v) is 6.95. The molecule has 0 aromatic carbocycles. The molecule has 0 spiro atoms. The van der Waals surface area contributed by atoms with E-state index in [1.807, 2.05) is 6.92 Å².